The van der Waals surface area contributed by atoms with E-state index in [0.717, 1.165) is 5.82 Å². The van der Waals surface area contributed by atoms with Gasteiger partial charge in [-0.3, -0.25) is 9.67 Å². The number of aliphatic imine (C=N–C) groups is 1. The van der Waals surface area contributed by atoms with E-state index in [-0.39, 0.29) is 36.1 Å². The fourth-order valence-corrected chi connectivity index (χ4v) is 2.08. The SMILES string of the molecule is CN=C(NCc1ncnn1C)NC1CN(C(=O)OC(C)(C)C)C1.I. The molecule has 1 amide bonds. The van der Waals surface area contributed by atoms with Crippen molar-refractivity contribution in [2.45, 2.75) is 39.0 Å². The molecule has 1 aromatic heterocycles. The Bertz CT molecular complexity index is 576. The van der Waals surface area contributed by atoms with Crippen molar-refractivity contribution in [3.05, 3.63) is 12.2 Å². The molecule has 9 nitrogen and oxygen atoms in total. The van der Waals surface area contributed by atoms with Crippen LogP contribution in [0.5, 0.6) is 0 Å². The van der Waals surface area contributed by atoms with E-state index in [0.29, 0.717) is 25.6 Å². The van der Waals surface area contributed by atoms with E-state index in [4.69, 9.17) is 4.74 Å². The molecule has 0 bridgehead atoms. The molecule has 0 radical (unpaired) electrons. The quantitative estimate of drug-likeness (QED) is 0.400. The molecule has 1 aromatic rings. The van der Waals surface area contributed by atoms with Crippen LogP contribution in [-0.4, -0.2) is 63.5 Å². The van der Waals surface area contributed by atoms with E-state index in [1.165, 1.54) is 6.33 Å². The number of halogens is 1. The topological polar surface area (TPSA) is 96.7 Å². The van der Waals surface area contributed by atoms with Crippen LogP contribution in [0.2, 0.25) is 0 Å². The van der Waals surface area contributed by atoms with Gasteiger partial charge < -0.3 is 20.3 Å². The first-order valence-electron chi connectivity index (χ1n) is 7.56. The van der Waals surface area contributed by atoms with Gasteiger partial charge in [0.2, 0.25) is 0 Å². The number of rotatable bonds is 3. The summed E-state index contributed by atoms with van der Waals surface area (Å²) < 4.78 is 7.03. The van der Waals surface area contributed by atoms with E-state index in [1.54, 1.807) is 16.6 Å². The lowest BCUT2D eigenvalue weighted by Gasteiger charge is -2.40. The average Bonchev–Trinajstić information content (AvgIpc) is 2.80. The molecule has 1 saturated heterocycles. The van der Waals surface area contributed by atoms with Gasteiger partial charge in [0, 0.05) is 27.2 Å². The minimum absolute atomic E-state index is 0. The van der Waals surface area contributed by atoms with Gasteiger partial charge in [-0.1, -0.05) is 0 Å². The van der Waals surface area contributed by atoms with Gasteiger partial charge in [0.05, 0.1) is 12.6 Å². The number of hydrogen-bond acceptors (Lipinski definition) is 5. The Hall–Kier alpha value is -1.59. The smallest absolute Gasteiger partial charge is 0.410 e. The summed E-state index contributed by atoms with van der Waals surface area (Å²) in [7, 11) is 3.54. The Kier molecular flexibility index (Phi) is 7.24. The molecule has 2 rings (SSSR count). The Morgan fingerprint density at radius 2 is 2.12 bits per heavy atom. The van der Waals surface area contributed by atoms with Crippen molar-refractivity contribution in [1.29, 1.82) is 0 Å². The van der Waals surface area contributed by atoms with Crippen molar-refractivity contribution in [1.82, 2.24) is 30.3 Å². The highest BCUT2D eigenvalue weighted by Gasteiger charge is 2.34. The van der Waals surface area contributed by atoms with Gasteiger partial charge in [-0.25, -0.2) is 9.78 Å². The zero-order valence-electron chi connectivity index (χ0n) is 14.7. The Labute approximate surface area is 159 Å². The second-order valence-electron chi connectivity index (χ2n) is 6.45. The van der Waals surface area contributed by atoms with Crippen molar-refractivity contribution in [3.8, 4) is 0 Å². The first kappa shape index (κ1) is 20.5. The summed E-state index contributed by atoms with van der Waals surface area (Å²) in [5.74, 6) is 1.48. The number of aromatic nitrogens is 3. The Morgan fingerprint density at radius 3 is 2.62 bits per heavy atom. The number of likely N-dealkylation sites (tertiary alicyclic amines) is 1. The Morgan fingerprint density at radius 1 is 1.46 bits per heavy atom. The van der Waals surface area contributed by atoms with Gasteiger partial charge in [-0.15, -0.1) is 24.0 Å². The van der Waals surface area contributed by atoms with E-state index < -0.39 is 5.60 Å². The molecule has 10 heteroatoms. The molecule has 1 aliphatic heterocycles. The number of carbonyl (C=O) groups is 1. The number of aryl methyl sites for hydroxylation is 1. The van der Waals surface area contributed by atoms with Crippen molar-refractivity contribution in [3.63, 3.8) is 0 Å². The number of guanidine groups is 1. The van der Waals surface area contributed by atoms with Crippen LogP contribution in [0.15, 0.2) is 11.3 Å². The van der Waals surface area contributed by atoms with E-state index in [1.807, 2.05) is 27.8 Å². The van der Waals surface area contributed by atoms with E-state index >= 15 is 0 Å². The standard InChI is InChI=1S/C14H25N7O2.HI/c1-14(2,3)23-13(22)21-7-10(8-21)19-12(15-4)16-6-11-17-9-18-20(11)5;/h9-10H,6-8H2,1-5H3,(H2,15,16,19);1H. The molecule has 1 fully saturated rings. The maximum Gasteiger partial charge on any atom is 0.410 e. The van der Waals surface area contributed by atoms with Gasteiger partial charge in [0.25, 0.3) is 0 Å². The summed E-state index contributed by atoms with van der Waals surface area (Å²) in [6, 6.07) is 0.160. The highest BCUT2D eigenvalue weighted by Crippen LogP contribution is 2.15. The number of amides is 1. The summed E-state index contributed by atoms with van der Waals surface area (Å²) in [5.41, 5.74) is -0.469. The third kappa shape index (κ3) is 5.80. The molecule has 2 heterocycles. The first-order chi connectivity index (χ1) is 10.8. The lowest BCUT2D eigenvalue weighted by molar-refractivity contribution is 0.00701. The molecule has 0 aliphatic carbocycles. The van der Waals surface area contributed by atoms with Crippen LogP contribution in [0.1, 0.15) is 26.6 Å². The fourth-order valence-electron chi connectivity index (χ4n) is 2.08. The monoisotopic (exact) mass is 451 g/mol. The molecule has 0 spiro atoms. The number of nitrogens with one attached hydrogen (secondary N) is 2. The maximum absolute atomic E-state index is 11.9. The van der Waals surface area contributed by atoms with Crippen LogP contribution in [0.4, 0.5) is 4.79 Å². The average molecular weight is 451 g/mol. The van der Waals surface area contributed by atoms with Crippen LogP contribution >= 0.6 is 24.0 Å². The van der Waals surface area contributed by atoms with Gasteiger partial charge in [0.1, 0.15) is 17.8 Å². The number of ether oxygens (including phenoxy) is 1. The second-order valence-corrected chi connectivity index (χ2v) is 6.45. The van der Waals surface area contributed by atoms with Crippen molar-refractivity contribution < 1.29 is 9.53 Å². The summed E-state index contributed by atoms with van der Waals surface area (Å²) in [6.07, 6.45) is 1.23. The summed E-state index contributed by atoms with van der Waals surface area (Å²) in [6.45, 7) is 7.30. The zero-order valence-corrected chi connectivity index (χ0v) is 17.1. The molecule has 0 unspecified atom stereocenters. The third-order valence-electron chi connectivity index (χ3n) is 3.32. The highest BCUT2D eigenvalue weighted by atomic mass is 127. The normalized spacial score (nSPS) is 15.4. The largest absolute Gasteiger partial charge is 0.444 e. The molecule has 1 aliphatic rings. The third-order valence-corrected chi connectivity index (χ3v) is 3.32. The molecular formula is C14H26IN7O2. The van der Waals surface area contributed by atoms with Crippen LogP contribution in [0.3, 0.4) is 0 Å². The second kappa shape index (κ2) is 8.49. The molecule has 24 heavy (non-hydrogen) atoms. The molecule has 136 valence electrons. The van der Waals surface area contributed by atoms with Crippen LogP contribution in [0.25, 0.3) is 0 Å². The maximum atomic E-state index is 11.9. The molecule has 0 atom stereocenters. The Balaban J connectivity index is 0.00000288. The summed E-state index contributed by atoms with van der Waals surface area (Å²) in [5, 5.41) is 10.5. The lowest BCUT2D eigenvalue weighted by atomic mass is 10.1. The van der Waals surface area contributed by atoms with Crippen molar-refractivity contribution in [2.24, 2.45) is 12.0 Å². The van der Waals surface area contributed by atoms with Gasteiger partial charge >= 0.3 is 6.09 Å². The predicted molar refractivity (Wildman–Crippen MR) is 101 cm³/mol. The predicted octanol–water partition coefficient (Wildman–Crippen LogP) is 0.717. The first-order valence-corrected chi connectivity index (χ1v) is 7.56. The molecule has 0 aromatic carbocycles. The summed E-state index contributed by atoms with van der Waals surface area (Å²) in [4.78, 5) is 21.9. The van der Waals surface area contributed by atoms with Gasteiger partial charge in [-0.05, 0) is 20.8 Å². The molecular weight excluding hydrogens is 425 g/mol. The van der Waals surface area contributed by atoms with Crippen molar-refractivity contribution in [2.75, 3.05) is 20.1 Å². The number of nitrogens with zero attached hydrogens (tertiary/aromatic N) is 5. The van der Waals surface area contributed by atoms with Crippen LogP contribution < -0.4 is 10.6 Å². The number of hydrogen-bond donors (Lipinski definition) is 2. The van der Waals surface area contributed by atoms with Crippen LogP contribution in [-0.2, 0) is 18.3 Å². The molecule has 0 saturated carbocycles. The van der Waals surface area contributed by atoms with Crippen LogP contribution in [0, 0.1) is 0 Å². The van der Waals surface area contributed by atoms with E-state index in [2.05, 4.69) is 25.7 Å². The highest BCUT2D eigenvalue weighted by molar-refractivity contribution is 14.0. The van der Waals surface area contributed by atoms with Crippen molar-refractivity contribution >= 4 is 36.0 Å². The fraction of sp³-hybridized carbons (Fsp3) is 0.714. The minimum Gasteiger partial charge on any atom is -0.444 e. The molecule has 2 N–H and O–H groups in total. The van der Waals surface area contributed by atoms with E-state index in [9.17, 15) is 4.79 Å². The lowest BCUT2D eigenvalue weighted by Crippen LogP contribution is -2.63. The zero-order chi connectivity index (χ0) is 17.0. The minimum atomic E-state index is -0.469. The van der Waals surface area contributed by atoms with Gasteiger partial charge in [0.15, 0.2) is 5.96 Å². The summed E-state index contributed by atoms with van der Waals surface area (Å²) >= 11 is 0. The van der Waals surface area contributed by atoms with Gasteiger partial charge in [-0.2, -0.15) is 5.10 Å². The number of carbonyl (C=O) groups excluding carboxylic acids is 1.